The van der Waals surface area contributed by atoms with Gasteiger partial charge >= 0.3 is 0 Å². The van der Waals surface area contributed by atoms with Crippen molar-refractivity contribution in [3.8, 4) is 11.5 Å². The fourth-order valence-electron chi connectivity index (χ4n) is 2.98. The molecule has 0 atom stereocenters. The molecule has 0 aromatic heterocycles. The average molecular weight is 360 g/mol. The number of amides is 1. The van der Waals surface area contributed by atoms with Gasteiger partial charge in [0.2, 0.25) is 12.7 Å². The van der Waals surface area contributed by atoms with Crippen LogP contribution >= 0.6 is 0 Å². The number of rotatable bonds is 12. The zero-order chi connectivity index (χ0) is 18.6. The lowest BCUT2D eigenvalue weighted by molar-refractivity contribution is -0.121. The number of nitrogens with zero attached hydrogens (tertiary/aromatic N) is 1. The van der Waals surface area contributed by atoms with Gasteiger partial charge in [-0.3, -0.25) is 4.79 Å². The molecule has 0 saturated heterocycles. The maximum atomic E-state index is 11.9. The lowest BCUT2D eigenvalue weighted by Gasteiger charge is -2.05. The molecule has 1 heterocycles. The number of hydrogen-bond acceptors (Lipinski definition) is 4. The standard InChI is InChI=1S/C21H32N2O3/c1-3-4-5-6-7-8-9-10-11-12-21(24)23-22-17(2)18-13-14-19-20(15-18)26-16-25-19/h13-15H,3-12,16H2,1-2H3,(H,23,24). The van der Waals surface area contributed by atoms with Crippen molar-refractivity contribution >= 4 is 11.6 Å². The number of unbranched alkanes of at least 4 members (excludes halogenated alkanes) is 8. The Bertz CT molecular complexity index is 599. The van der Waals surface area contributed by atoms with Crippen molar-refractivity contribution in [2.45, 2.75) is 78.1 Å². The van der Waals surface area contributed by atoms with Gasteiger partial charge in [-0.2, -0.15) is 5.10 Å². The highest BCUT2D eigenvalue weighted by molar-refractivity contribution is 5.99. The molecule has 5 heteroatoms. The Hall–Kier alpha value is -2.04. The van der Waals surface area contributed by atoms with Crippen LogP contribution in [-0.4, -0.2) is 18.4 Å². The van der Waals surface area contributed by atoms with E-state index in [1.165, 1.54) is 44.9 Å². The number of ether oxygens (including phenoxy) is 2. The molecular formula is C21H32N2O3. The van der Waals surface area contributed by atoms with E-state index in [0.29, 0.717) is 6.42 Å². The summed E-state index contributed by atoms with van der Waals surface area (Å²) >= 11 is 0. The summed E-state index contributed by atoms with van der Waals surface area (Å²) in [7, 11) is 0. The van der Waals surface area contributed by atoms with Gasteiger partial charge in [0.15, 0.2) is 11.5 Å². The van der Waals surface area contributed by atoms with Gasteiger partial charge in [0, 0.05) is 12.0 Å². The van der Waals surface area contributed by atoms with Crippen molar-refractivity contribution in [2.75, 3.05) is 6.79 Å². The van der Waals surface area contributed by atoms with Crippen molar-refractivity contribution < 1.29 is 14.3 Å². The van der Waals surface area contributed by atoms with Gasteiger partial charge < -0.3 is 9.47 Å². The molecule has 0 radical (unpaired) electrons. The minimum Gasteiger partial charge on any atom is -0.454 e. The molecule has 0 bridgehead atoms. The predicted molar refractivity (Wildman–Crippen MR) is 105 cm³/mol. The summed E-state index contributed by atoms with van der Waals surface area (Å²) < 4.78 is 10.7. The number of carbonyl (C=O) groups excluding carboxylic acids is 1. The van der Waals surface area contributed by atoms with Crippen LogP contribution in [0.1, 0.15) is 83.6 Å². The second kappa shape index (κ2) is 11.6. The Balaban J connectivity index is 1.58. The van der Waals surface area contributed by atoms with Gasteiger partial charge in [0.05, 0.1) is 5.71 Å². The molecule has 1 N–H and O–H groups in total. The third-order valence-electron chi connectivity index (χ3n) is 4.65. The summed E-state index contributed by atoms with van der Waals surface area (Å²) in [6, 6.07) is 5.66. The van der Waals surface area contributed by atoms with Gasteiger partial charge in [-0.05, 0) is 31.5 Å². The zero-order valence-corrected chi connectivity index (χ0v) is 16.2. The highest BCUT2D eigenvalue weighted by Gasteiger charge is 2.14. The second-order valence-electron chi connectivity index (χ2n) is 6.88. The first-order valence-corrected chi connectivity index (χ1v) is 9.94. The summed E-state index contributed by atoms with van der Waals surface area (Å²) in [4.78, 5) is 11.9. The molecule has 1 aliphatic rings. The van der Waals surface area contributed by atoms with E-state index in [-0.39, 0.29) is 12.7 Å². The molecular weight excluding hydrogens is 328 g/mol. The first kappa shape index (κ1) is 20.3. The zero-order valence-electron chi connectivity index (χ0n) is 16.2. The lowest BCUT2D eigenvalue weighted by Crippen LogP contribution is -2.18. The second-order valence-corrected chi connectivity index (χ2v) is 6.88. The van der Waals surface area contributed by atoms with E-state index in [9.17, 15) is 4.79 Å². The van der Waals surface area contributed by atoms with Crippen LogP contribution in [0.5, 0.6) is 11.5 Å². The molecule has 0 spiro atoms. The Morgan fingerprint density at radius 3 is 2.38 bits per heavy atom. The monoisotopic (exact) mass is 360 g/mol. The molecule has 1 aliphatic heterocycles. The summed E-state index contributed by atoms with van der Waals surface area (Å²) in [6.45, 7) is 4.37. The van der Waals surface area contributed by atoms with E-state index in [0.717, 1.165) is 35.6 Å². The first-order valence-electron chi connectivity index (χ1n) is 9.94. The molecule has 2 rings (SSSR count). The van der Waals surface area contributed by atoms with Crippen LogP contribution in [0.15, 0.2) is 23.3 Å². The normalized spacial score (nSPS) is 13.1. The van der Waals surface area contributed by atoms with Gasteiger partial charge in [-0.1, -0.05) is 58.3 Å². The van der Waals surface area contributed by atoms with Crippen LogP contribution < -0.4 is 14.9 Å². The number of carbonyl (C=O) groups is 1. The predicted octanol–water partition coefficient (Wildman–Crippen LogP) is 5.18. The summed E-state index contributed by atoms with van der Waals surface area (Å²) in [5, 5.41) is 4.20. The molecule has 0 unspecified atom stereocenters. The van der Waals surface area contributed by atoms with E-state index >= 15 is 0 Å². The van der Waals surface area contributed by atoms with Crippen molar-refractivity contribution in [2.24, 2.45) is 5.10 Å². The topological polar surface area (TPSA) is 59.9 Å². The van der Waals surface area contributed by atoms with E-state index < -0.39 is 0 Å². The molecule has 0 saturated carbocycles. The number of hydrazone groups is 1. The molecule has 0 aliphatic carbocycles. The molecule has 26 heavy (non-hydrogen) atoms. The molecule has 1 amide bonds. The Morgan fingerprint density at radius 2 is 1.65 bits per heavy atom. The third kappa shape index (κ3) is 7.06. The Morgan fingerprint density at radius 1 is 1.00 bits per heavy atom. The summed E-state index contributed by atoms with van der Waals surface area (Å²) in [5.74, 6) is 1.45. The molecule has 0 fully saturated rings. The SMILES string of the molecule is CCCCCCCCCCCC(=O)NN=C(C)c1ccc2c(c1)OCO2. The fraction of sp³-hybridized carbons (Fsp3) is 0.619. The van der Waals surface area contributed by atoms with Crippen LogP contribution in [0.3, 0.4) is 0 Å². The van der Waals surface area contributed by atoms with Crippen molar-refractivity contribution in [1.29, 1.82) is 0 Å². The molecule has 1 aromatic carbocycles. The highest BCUT2D eigenvalue weighted by Crippen LogP contribution is 2.32. The van der Waals surface area contributed by atoms with Gasteiger partial charge in [-0.15, -0.1) is 0 Å². The lowest BCUT2D eigenvalue weighted by atomic mass is 10.1. The molecule has 1 aromatic rings. The fourth-order valence-corrected chi connectivity index (χ4v) is 2.98. The third-order valence-corrected chi connectivity index (χ3v) is 4.65. The van der Waals surface area contributed by atoms with Crippen LogP contribution in [-0.2, 0) is 4.79 Å². The van der Waals surface area contributed by atoms with Crippen LogP contribution in [0, 0.1) is 0 Å². The first-order chi connectivity index (χ1) is 12.7. The van der Waals surface area contributed by atoms with Crippen LogP contribution in [0.2, 0.25) is 0 Å². The number of hydrogen-bond donors (Lipinski definition) is 1. The van der Waals surface area contributed by atoms with E-state index in [4.69, 9.17) is 9.47 Å². The number of benzene rings is 1. The van der Waals surface area contributed by atoms with Crippen molar-refractivity contribution in [3.05, 3.63) is 23.8 Å². The van der Waals surface area contributed by atoms with Gasteiger partial charge in [-0.25, -0.2) is 5.43 Å². The smallest absolute Gasteiger partial charge is 0.240 e. The molecule has 5 nitrogen and oxygen atoms in total. The van der Waals surface area contributed by atoms with E-state index in [2.05, 4.69) is 17.5 Å². The largest absolute Gasteiger partial charge is 0.454 e. The summed E-state index contributed by atoms with van der Waals surface area (Å²) in [6.07, 6.45) is 11.8. The van der Waals surface area contributed by atoms with E-state index in [1.54, 1.807) is 0 Å². The molecule has 144 valence electrons. The van der Waals surface area contributed by atoms with Crippen molar-refractivity contribution in [3.63, 3.8) is 0 Å². The van der Waals surface area contributed by atoms with E-state index in [1.807, 2.05) is 25.1 Å². The Kier molecular flexibility index (Phi) is 9.01. The van der Waals surface area contributed by atoms with Crippen LogP contribution in [0.4, 0.5) is 0 Å². The maximum absolute atomic E-state index is 11.9. The summed E-state index contributed by atoms with van der Waals surface area (Å²) in [5.41, 5.74) is 4.32. The number of fused-ring (bicyclic) bond motifs is 1. The van der Waals surface area contributed by atoms with Gasteiger partial charge in [0.25, 0.3) is 0 Å². The van der Waals surface area contributed by atoms with Gasteiger partial charge in [0.1, 0.15) is 0 Å². The number of nitrogens with one attached hydrogen (secondary N) is 1. The van der Waals surface area contributed by atoms with Crippen LogP contribution in [0.25, 0.3) is 0 Å². The highest BCUT2D eigenvalue weighted by atomic mass is 16.7. The van der Waals surface area contributed by atoms with Crippen molar-refractivity contribution in [1.82, 2.24) is 5.43 Å². The Labute approximate surface area is 157 Å². The minimum atomic E-state index is -0.0203. The minimum absolute atomic E-state index is 0.0203. The average Bonchev–Trinajstić information content (AvgIpc) is 3.12. The maximum Gasteiger partial charge on any atom is 0.240 e. The quantitative estimate of drug-likeness (QED) is 0.317.